The summed E-state index contributed by atoms with van der Waals surface area (Å²) in [5.74, 6) is -0.242. The van der Waals surface area contributed by atoms with E-state index in [2.05, 4.69) is 51.1 Å². The highest BCUT2D eigenvalue weighted by molar-refractivity contribution is 5.75. The fraction of sp³-hybridized carbons (Fsp3) is 0.632. The van der Waals surface area contributed by atoms with Gasteiger partial charge in [-0.05, 0) is 37.7 Å². The summed E-state index contributed by atoms with van der Waals surface area (Å²) in [7, 11) is 0. The number of carbonyl (C=O) groups is 1. The molecule has 0 aliphatic carbocycles. The van der Waals surface area contributed by atoms with Crippen molar-refractivity contribution in [3.8, 4) is 0 Å². The summed E-state index contributed by atoms with van der Waals surface area (Å²) in [4.78, 5) is 11.1. The van der Waals surface area contributed by atoms with Gasteiger partial charge < -0.3 is 9.84 Å². The lowest BCUT2D eigenvalue weighted by Gasteiger charge is -2.22. The van der Waals surface area contributed by atoms with Crippen molar-refractivity contribution < 1.29 is 14.6 Å². The van der Waals surface area contributed by atoms with Crippen LogP contribution in [0.15, 0.2) is 30.3 Å². The SMILES string of the molecule is CCC(C)(C)C(=O)OCCO.CCC(C)(C)c1ccccc1. The van der Waals surface area contributed by atoms with Crippen LogP contribution in [0.3, 0.4) is 0 Å². The summed E-state index contributed by atoms with van der Waals surface area (Å²) in [5.41, 5.74) is 1.35. The van der Waals surface area contributed by atoms with Gasteiger partial charge in [-0.3, -0.25) is 4.79 Å². The second kappa shape index (κ2) is 9.62. The molecule has 1 aromatic carbocycles. The molecule has 0 atom stereocenters. The van der Waals surface area contributed by atoms with Gasteiger partial charge in [0.25, 0.3) is 0 Å². The normalized spacial score (nSPS) is 11.4. The summed E-state index contributed by atoms with van der Waals surface area (Å²) in [6, 6.07) is 10.7. The molecular formula is C19H32O3. The van der Waals surface area contributed by atoms with Gasteiger partial charge in [0.1, 0.15) is 6.61 Å². The number of rotatable bonds is 6. The van der Waals surface area contributed by atoms with Gasteiger partial charge in [0.05, 0.1) is 12.0 Å². The number of esters is 1. The van der Waals surface area contributed by atoms with Crippen LogP contribution in [0, 0.1) is 5.41 Å². The van der Waals surface area contributed by atoms with Crippen LogP contribution in [0.25, 0.3) is 0 Å². The lowest BCUT2D eigenvalue weighted by molar-refractivity contribution is -0.155. The minimum Gasteiger partial charge on any atom is -0.463 e. The van der Waals surface area contributed by atoms with Gasteiger partial charge in [0, 0.05) is 0 Å². The van der Waals surface area contributed by atoms with Gasteiger partial charge in [-0.15, -0.1) is 0 Å². The Bertz CT molecular complexity index is 422. The van der Waals surface area contributed by atoms with Crippen LogP contribution in [0.4, 0.5) is 0 Å². The third-order valence-electron chi connectivity index (χ3n) is 4.20. The van der Waals surface area contributed by atoms with E-state index in [0.717, 1.165) is 6.42 Å². The number of benzene rings is 1. The Kier molecular flexibility index (Phi) is 9.03. The molecule has 0 spiro atoms. The fourth-order valence-electron chi connectivity index (χ4n) is 1.57. The van der Waals surface area contributed by atoms with E-state index in [-0.39, 0.29) is 19.2 Å². The second-order valence-electron chi connectivity index (χ2n) is 6.70. The first-order chi connectivity index (χ1) is 10.2. The Morgan fingerprint density at radius 2 is 1.59 bits per heavy atom. The van der Waals surface area contributed by atoms with E-state index >= 15 is 0 Å². The highest BCUT2D eigenvalue weighted by atomic mass is 16.5. The van der Waals surface area contributed by atoms with Gasteiger partial charge in [-0.1, -0.05) is 58.0 Å². The molecule has 0 heterocycles. The van der Waals surface area contributed by atoms with Crippen LogP contribution in [0.1, 0.15) is 59.9 Å². The van der Waals surface area contributed by atoms with E-state index in [1.54, 1.807) is 0 Å². The molecule has 0 aromatic heterocycles. The molecule has 0 saturated carbocycles. The molecule has 0 bridgehead atoms. The summed E-state index contributed by atoms with van der Waals surface area (Å²) >= 11 is 0. The number of hydrogen-bond acceptors (Lipinski definition) is 3. The van der Waals surface area contributed by atoms with Crippen molar-refractivity contribution in [1.82, 2.24) is 0 Å². The maximum atomic E-state index is 11.1. The van der Waals surface area contributed by atoms with Crippen molar-refractivity contribution in [2.45, 2.75) is 59.8 Å². The average Bonchev–Trinajstić information content (AvgIpc) is 2.53. The Labute approximate surface area is 135 Å². The van der Waals surface area contributed by atoms with Crippen LogP contribution in [-0.4, -0.2) is 24.3 Å². The Balaban J connectivity index is 0.000000401. The van der Waals surface area contributed by atoms with Crippen molar-refractivity contribution in [1.29, 1.82) is 0 Å². The van der Waals surface area contributed by atoms with Crippen molar-refractivity contribution in [2.24, 2.45) is 5.41 Å². The number of ether oxygens (including phenoxy) is 1. The zero-order valence-corrected chi connectivity index (χ0v) is 15.0. The molecule has 0 aliphatic rings. The van der Waals surface area contributed by atoms with Crippen molar-refractivity contribution >= 4 is 5.97 Å². The molecule has 0 amide bonds. The van der Waals surface area contributed by atoms with Gasteiger partial charge in [-0.25, -0.2) is 0 Å². The minimum atomic E-state index is -0.421. The van der Waals surface area contributed by atoms with E-state index in [9.17, 15) is 4.79 Å². The number of hydrogen-bond donors (Lipinski definition) is 1. The number of aliphatic hydroxyl groups excluding tert-OH is 1. The van der Waals surface area contributed by atoms with E-state index in [4.69, 9.17) is 9.84 Å². The maximum absolute atomic E-state index is 11.1. The van der Waals surface area contributed by atoms with Crippen molar-refractivity contribution in [3.05, 3.63) is 35.9 Å². The van der Waals surface area contributed by atoms with E-state index in [0.29, 0.717) is 5.41 Å². The minimum absolute atomic E-state index is 0.0995. The van der Waals surface area contributed by atoms with E-state index < -0.39 is 5.41 Å². The zero-order chi connectivity index (χ0) is 17.2. The fourth-order valence-corrected chi connectivity index (χ4v) is 1.57. The van der Waals surface area contributed by atoms with Gasteiger partial charge in [0.15, 0.2) is 0 Å². The van der Waals surface area contributed by atoms with Gasteiger partial charge in [0.2, 0.25) is 0 Å². The number of carbonyl (C=O) groups excluding carboxylic acids is 1. The first kappa shape index (κ1) is 20.6. The smallest absolute Gasteiger partial charge is 0.311 e. The van der Waals surface area contributed by atoms with Gasteiger partial charge >= 0.3 is 5.97 Å². The summed E-state index contributed by atoms with van der Waals surface area (Å²) in [6.07, 6.45) is 1.94. The quantitative estimate of drug-likeness (QED) is 0.796. The average molecular weight is 308 g/mol. The Morgan fingerprint density at radius 1 is 1.05 bits per heavy atom. The molecule has 1 aromatic rings. The summed E-state index contributed by atoms with van der Waals surface area (Å²) in [6.45, 7) is 12.4. The molecule has 0 fully saturated rings. The standard InChI is InChI=1S/C11H16.C8H16O3/c1-4-11(2,3)10-8-6-5-7-9-10;1-4-8(2,3)7(10)11-6-5-9/h5-9H,4H2,1-3H3;9H,4-6H2,1-3H3. The van der Waals surface area contributed by atoms with Gasteiger partial charge in [-0.2, -0.15) is 0 Å². The first-order valence-corrected chi connectivity index (χ1v) is 8.05. The summed E-state index contributed by atoms with van der Waals surface area (Å²) in [5, 5.41) is 8.38. The molecule has 3 heteroatoms. The van der Waals surface area contributed by atoms with Crippen LogP contribution in [0.2, 0.25) is 0 Å². The molecule has 0 aliphatic heterocycles. The maximum Gasteiger partial charge on any atom is 0.311 e. The third-order valence-corrected chi connectivity index (χ3v) is 4.20. The lowest BCUT2D eigenvalue weighted by Crippen LogP contribution is -2.26. The van der Waals surface area contributed by atoms with Crippen LogP contribution >= 0.6 is 0 Å². The zero-order valence-electron chi connectivity index (χ0n) is 15.0. The largest absolute Gasteiger partial charge is 0.463 e. The van der Waals surface area contributed by atoms with E-state index in [1.807, 2.05) is 20.8 Å². The molecular weight excluding hydrogens is 276 g/mol. The van der Waals surface area contributed by atoms with Crippen LogP contribution < -0.4 is 0 Å². The molecule has 0 unspecified atom stereocenters. The molecule has 3 nitrogen and oxygen atoms in total. The van der Waals surface area contributed by atoms with Crippen molar-refractivity contribution in [3.63, 3.8) is 0 Å². The predicted molar refractivity (Wildman–Crippen MR) is 91.9 cm³/mol. The first-order valence-electron chi connectivity index (χ1n) is 8.05. The highest BCUT2D eigenvalue weighted by Gasteiger charge is 2.26. The molecule has 0 saturated heterocycles. The summed E-state index contributed by atoms with van der Waals surface area (Å²) < 4.78 is 4.76. The third kappa shape index (κ3) is 7.08. The Hall–Kier alpha value is -1.35. The molecule has 126 valence electrons. The number of aliphatic hydroxyl groups is 1. The predicted octanol–water partition coefficient (Wildman–Crippen LogP) is 4.33. The lowest BCUT2D eigenvalue weighted by atomic mass is 9.82. The van der Waals surface area contributed by atoms with Crippen molar-refractivity contribution in [2.75, 3.05) is 13.2 Å². The molecule has 0 radical (unpaired) electrons. The van der Waals surface area contributed by atoms with E-state index in [1.165, 1.54) is 12.0 Å². The second-order valence-corrected chi connectivity index (χ2v) is 6.70. The molecule has 1 rings (SSSR count). The molecule has 22 heavy (non-hydrogen) atoms. The monoisotopic (exact) mass is 308 g/mol. The topological polar surface area (TPSA) is 46.5 Å². The Morgan fingerprint density at radius 3 is 2.00 bits per heavy atom. The van der Waals surface area contributed by atoms with Crippen LogP contribution in [-0.2, 0) is 14.9 Å². The molecule has 1 N–H and O–H groups in total. The highest BCUT2D eigenvalue weighted by Crippen LogP contribution is 2.25. The van der Waals surface area contributed by atoms with Crippen LogP contribution in [0.5, 0.6) is 0 Å².